The van der Waals surface area contributed by atoms with Crippen LogP contribution in [0.2, 0.25) is 5.02 Å². The monoisotopic (exact) mass is 492 g/mol. The van der Waals surface area contributed by atoms with Crippen LogP contribution in [-0.2, 0) is 6.61 Å². The van der Waals surface area contributed by atoms with Gasteiger partial charge >= 0.3 is 0 Å². The summed E-state index contributed by atoms with van der Waals surface area (Å²) in [6, 6.07) is 26.5. The molecule has 0 fully saturated rings. The van der Waals surface area contributed by atoms with Crippen molar-refractivity contribution in [3.05, 3.63) is 111 Å². The largest absolute Gasteiger partial charge is 0.488 e. The van der Waals surface area contributed by atoms with Crippen molar-refractivity contribution in [2.45, 2.75) is 6.61 Å². The van der Waals surface area contributed by atoms with Crippen LogP contribution < -0.4 is 10.2 Å². The van der Waals surface area contributed by atoms with Gasteiger partial charge in [0.25, 0.3) is 5.91 Å². The van der Waals surface area contributed by atoms with Crippen LogP contribution in [0.25, 0.3) is 10.8 Å². The fourth-order valence-electron chi connectivity index (χ4n) is 3.10. The van der Waals surface area contributed by atoms with Gasteiger partial charge in [-0.15, -0.1) is 0 Å². The number of ether oxygens (including phenoxy) is 1. The van der Waals surface area contributed by atoms with E-state index < -0.39 is 0 Å². The molecule has 0 aromatic heterocycles. The molecule has 0 saturated carbocycles. The van der Waals surface area contributed by atoms with Crippen LogP contribution in [-0.4, -0.2) is 12.1 Å². The highest BCUT2D eigenvalue weighted by Gasteiger charge is 2.09. The average molecular weight is 494 g/mol. The number of nitrogens with zero attached hydrogens (tertiary/aromatic N) is 1. The highest BCUT2D eigenvalue weighted by molar-refractivity contribution is 9.10. The summed E-state index contributed by atoms with van der Waals surface area (Å²) >= 11 is 9.32. The topological polar surface area (TPSA) is 50.7 Å². The normalized spacial score (nSPS) is 11.0. The predicted octanol–water partition coefficient (Wildman–Crippen LogP) is 6.60. The van der Waals surface area contributed by atoms with Crippen molar-refractivity contribution in [1.82, 2.24) is 5.43 Å². The minimum Gasteiger partial charge on any atom is -0.488 e. The van der Waals surface area contributed by atoms with E-state index >= 15 is 0 Å². The molecule has 31 heavy (non-hydrogen) atoms. The lowest BCUT2D eigenvalue weighted by Crippen LogP contribution is -2.17. The van der Waals surface area contributed by atoms with Gasteiger partial charge in [-0.25, -0.2) is 5.43 Å². The maximum absolute atomic E-state index is 12.3. The molecule has 0 aliphatic carbocycles. The van der Waals surface area contributed by atoms with Crippen LogP contribution in [0, 0.1) is 0 Å². The Hall–Kier alpha value is -3.15. The van der Waals surface area contributed by atoms with E-state index in [1.807, 2.05) is 60.7 Å². The van der Waals surface area contributed by atoms with E-state index in [9.17, 15) is 4.79 Å². The van der Waals surface area contributed by atoms with Gasteiger partial charge in [-0.3, -0.25) is 4.79 Å². The van der Waals surface area contributed by atoms with E-state index in [-0.39, 0.29) is 5.91 Å². The van der Waals surface area contributed by atoms with Crippen molar-refractivity contribution in [1.29, 1.82) is 0 Å². The lowest BCUT2D eigenvalue weighted by molar-refractivity contribution is 0.0955. The lowest BCUT2D eigenvalue weighted by Gasteiger charge is -2.12. The number of carbonyl (C=O) groups is 1. The molecule has 4 aromatic rings. The highest BCUT2D eigenvalue weighted by atomic mass is 79.9. The molecule has 4 nitrogen and oxygen atoms in total. The van der Waals surface area contributed by atoms with Crippen molar-refractivity contribution in [2.75, 3.05) is 0 Å². The summed E-state index contributed by atoms with van der Waals surface area (Å²) in [5.41, 5.74) is 4.89. The number of amides is 1. The molecule has 0 saturated heterocycles. The summed E-state index contributed by atoms with van der Waals surface area (Å²) in [5.74, 6) is 0.372. The van der Waals surface area contributed by atoms with Crippen molar-refractivity contribution < 1.29 is 9.53 Å². The van der Waals surface area contributed by atoms with Crippen molar-refractivity contribution in [3.8, 4) is 5.75 Å². The second-order valence-electron chi connectivity index (χ2n) is 6.82. The minimum absolute atomic E-state index is 0.314. The number of nitrogens with one attached hydrogen (secondary N) is 1. The van der Waals surface area contributed by atoms with Crippen LogP contribution in [0.1, 0.15) is 21.5 Å². The predicted molar refractivity (Wildman–Crippen MR) is 129 cm³/mol. The third kappa shape index (κ3) is 5.32. The van der Waals surface area contributed by atoms with Crippen LogP contribution in [0.15, 0.2) is 94.5 Å². The third-order valence-electron chi connectivity index (χ3n) is 4.70. The fourth-order valence-corrected chi connectivity index (χ4v) is 3.49. The minimum atomic E-state index is -0.314. The molecule has 0 aliphatic rings. The van der Waals surface area contributed by atoms with Gasteiger partial charge in [-0.05, 0) is 58.8 Å². The number of fused-ring (bicyclic) bond motifs is 1. The molecule has 4 rings (SSSR count). The Balaban J connectivity index is 1.57. The molecular weight excluding hydrogens is 476 g/mol. The Morgan fingerprint density at radius 1 is 0.968 bits per heavy atom. The standard InChI is InChI=1S/C25H18BrClN2O2/c26-20-10-5-17(6-11-20)16-31-24-14-9-18-3-1-2-4-22(18)23(24)15-28-29-25(30)19-7-12-21(27)13-8-19/h1-15H,16H2,(H,29,30)/b28-15-. The first-order valence-corrected chi connectivity index (χ1v) is 10.8. The smallest absolute Gasteiger partial charge is 0.271 e. The van der Waals surface area contributed by atoms with Gasteiger partial charge in [0.1, 0.15) is 12.4 Å². The Kier molecular flexibility index (Phi) is 6.65. The van der Waals surface area contributed by atoms with E-state index in [2.05, 4.69) is 26.5 Å². The lowest BCUT2D eigenvalue weighted by atomic mass is 10.0. The fraction of sp³-hybridized carbons (Fsp3) is 0.0400. The SMILES string of the molecule is O=C(N/N=C\c1c(OCc2ccc(Br)cc2)ccc2ccccc12)c1ccc(Cl)cc1. The third-order valence-corrected chi connectivity index (χ3v) is 5.49. The molecule has 0 unspecified atom stereocenters. The van der Waals surface area contributed by atoms with Crippen LogP contribution in [0.3, 0.4) is 0 Å². The highest BCUT2D eigenvalue weighted by Crippen LogP contribution is 2.27. The molecular formula is C25H18BrClN2O2. The quantitative estimate of drug-likeness (QED) is 0.243. The molecule has 0 radical (unpaired) electrons. The number of rotatable bonds is 6. The summed E-state index contributed by atoms with van der Waals surface area (Å²) in [7, 11) is 0. The van der Waals surface area contributed by atoms with Crippen LogP contribution in [0.4, 0.5) is 0 Å². The molecule has 1 amide bonds. The summed E-state index contributed by atoms with van der Waals surface area (Å²) in [5, 5.41) is 6.79. The zero-order valence-electron chi connectivity index (χ0n) is 16.4. The van der Waals surface area contributed by atoms with E-state index in [1.54, 1.807) is 30.5 Å². The Bertz CT molecular complexity index is 1240. The zero-order valence-corrected chi connectivity index (χ0v) is 18.7. The summed E-state index contributed by atoms with van der Waals surface area (Å²) < 4.78 is 7.11. The Morgan fingerprint density at radius 3 is 2.48 bits per heavy atom. The number of hydrogen-bond acceptors (Lipinski definition) is 3. The summed E-state index contributed by atoms with van der Waals surface area (Å²) in [6.07, 6.45) is 1.62. The van der Waals surface area contributed by atoms with Crippen molar-refractivity contribution in [2.24, 2.45) is 5.10 Å². The van der Waals surface area contributed by atoms with Gasteiger partial charge in [-0.1, -0.05) is 70.0 Å². The van der Waals surface area contributed by atoms with Crippen LogP contribution >= 0.6 is 27.5 Å². The van der Waals surface area contributed by atoms with Crippen molar-refractivity contribution in [3.63, 3.8) is 0 Å². The first kappa shape index (κ1) is 21.1. The maximum Gasteiger partial charge on any atom is 0.271 e. The molecule has 4 aromatic carbocycles. The molecule has 1 N–H and O–H groups in total. The first-order valence-electron chi connectivity index (χ1n) is 9.58. The molecule has 0 atom stereocenters. The molecule has 154 valence electrons. The molecule has 6 heteroatoms. The van der Waals surface area contributed by atoms with Gasteiger partial charge in [0.15, 0.2) is 0 Å². The maximum atomic E-state index is 12.3. The Morgan fingerprint density at radius 2 is 1.71 bits per heavy atom. The van der Waals surface area contributed by atoms with Gasteiger partial charge < -0.3 is 4.74 Å². The summed E-state index contributed by atoms with van der Waals surface area (Å²) in [4.78, 5) is 12.3. The molecule has 0 aliphatic heterocycles. The van der Waals surface area contributed by atoms with E-state index in [4.69, 9.17) is 16.3 Å². The summed E-state index contributed by atoms with van der Waals surface area (Å²) in [6.45, 7) is 0.420. The first-order chi connectivity index (χ1) is 15.1. The van der Waals surface area contributed by atoms with E-state index in [0.29, 0.717) is 22.9 Å². The number of benzene rings is 4. The molecule has 0 spiro atoms. The van der Waals surface area contributed by atoms with Crippen LogP contribution in [0.5, 0.6) is 5.75 Å². The van der Waals surface area contributed by atoms with Gasteiger partial charge in [0, 0.05) is 20.6 Å². The number of halogens is 2. The van der Waals surface area contributed by atoms with Gasteiger partial charge in [-0.2, -0.15) is 5.10 Å². The average Bonchev–Trinajstić information content (AvgIpc) is 2.79. The second kappa shape index (κ2) is 9.77. The molecule has 0 heterocycles. The zero-order chi connectivity index (χ0) is 21.6. The second-order valence-corrected chi connectivity index (χ2v) is 8.17. The molecule has 0 bridgehead atoms. The Labute approximate surface area is 193 Å². The number of carbonyl (C=O) groups excluding carboxylic acids is 1. The van der Waals surface area contributed by atoms with E-state index in [0.717, 1.165) is 26.4 Å². The number of hydrogen-bond donors (Lipinski definition) is 1. The van der Waals surface area contributed by atoms with E-state index in [1.165, 1.54) is 0 Å². The van der Waals surface area contributed by atoms with Crippen molar-refractivity contribution >= 4 is 50.4 Å². The van der Waals surface area contributed by atoms with Gasteiger partial charge in [0.2, 0.25) is 0 Å². The number of hydrazone groups is 1. The van der Waals surface area contributed by atoms with Gasteiger partial charge in [0.05, 0.1) is 6.21 Å².